The molecule has 0 aromatic carbocycles. The van der Waals surface area contributed by atoms with E-state index in [1.54, 1.807) is 17.1 Å². The van der Waals surface area contributed by atoms with E-state index in [0.29, 0.717) is 12.6 Å². The zero-order chi connectivity index (χ0) is 21.2. The molecule has 0 amide bonds. The molecule has 2 aliphatic rings. The van der Waals surface area contributed by atoms with Crippen LogP contribution in [0.15, 0.2) is 23.3 Å². The quantitative estimate of drug-likeness (QED) is 0.610. The van der Waals surface area contributed by atoms with Gasteiger partial charge in [0.1, 0.15) is 11.8 Å². The largest absolute Gasteiger partial charge is 0.367 e. The Labute approximate surface area is 185 Å². The van der Waals surface area contributed by atoms with E-state index in [4.69, 9.17) is 0 Å². The number of aromatic amines is 1. The monoisotopic (exact) mass is 439 g/mol. The molecule has 1 saturated heterocycles. The molecule has 0 aliphatic carbocycles. The minimum atomic E-state index is 0.0263. The summed E-state index contributed by atoms with van der Waals surface area (Å²) in [6.45, 7) is 5.40. The van der Waals surface area contributed by atoms with Gasteiger partial charge in [0.2, 0.25) is 0 Å². The lowest BCUT2D eigenvalue weighted by Gasteiger charge is -2.36. The van der Waals surface area contributed by atoms with Gasteiger partial charge in [-0.3, -0.25) is 9.69 Å². The van der Waals surface area contributed by atoms with Crippen molar-refractivity contribution < 1.29 is 0 Å². The fourth-order valence-electron chi connectivity index (χ4n) is 4.64. The molecule has 3 aromatic heterocycles. The van der Waals surface area contributed by atoms with E-state index in [-0.39, 0.29) is 5.56 Å². The Kier molecular flexibility index (Phi) is 5.95. The molecule has 0 radical (unpaired) electrons. The number of anilines is 1. The summed E-state index contributed by atoms with van der Waals surface area (Å²) in [4.78, 5) is 27.2. The highest BCUT2D eigenvalue weighted by molar-refractivity contribution is 7.98. The molecule has 0 spiro atoms. The van der Waals surface area contributed by atoms with Gasteiger partial charge in [-0.2, -0.15) is 16.9 Å². The van der Waals surface area contributed by atoms with Crippen molar-refractivity contribution in [3.63, 3.8) is 0 Å². The molecule has 1 unspecified atom stereocenters. The molecular formula is C22H29N7OS. The second kappa shape index (κ2) is 9.00. The van der Waals surface area contributed by atoms with Gasteiger partial charge in [-0.25, -0.2) is 14.6 Å². The van der Waals surface area contributed by atoms with Crippen LogP contribution in [0.4, 0.5) is 5.82 Å². The van der Waals surface area contributed by atoms with Gasteiger partial charge >= 0.3 is 0 Å². The first-order chi connectivity index (χ1) is 15.2. The molecule has 9 heteroatoms. The number of thioether (sulfide) groups is 1. The second-order valence-corrected chi connectivity index (χ2v) is 9.59. The van der Waals surface area contributed by atoms with Crippen LogP contribution < -0.4 is 10.9 Å². The van der Waals surface area contributed by atoms with Gasteiger partial charge in [0.05, 0.1) is 17.8 Å². The number of nitrogens with zero attached hydrogens (tertiary/aromatic N) is 5. The maximum absolute atomic E-state index is 12.5. The first kappa shape index (κ1) is 20.5. The van der Waals surface area contributed by atoms with Crippen LogP contribution in [0.25, 0.3) is 11.0 Å². The fraction of sp³-hybridized carbons (Fsp3) is 0.545. The third kappa shape index (κ3) is 4.48. The zero-order valence-electron chi connectivity index (χ0n) is 17.9. The summed E-state index contributed by atoms with van der Waals surface area (Å²) in [6.07, 6.45) is 6.16. The minimum Gasteiger partial charge on any atom is -0.367 e. The lowest BCUT2D eigenvalue weighted by Crippen LogP contribution is -2.45. The third-order valence-corrected chi connectivity index (χ3v) is 7.32. The lowest BCUT2D eigenvalue weighted by atomic mass is 10.0. The van der Waals surface area contributed by atoms with Crippen LogP contribution >= 0.6 is 11.8 Å². The summed E-state index contributed by atoms with van der Waals surface area (Å²) in [5, 5.41) is 8.22. The molecule has 5 heterocycles. The van der Waals surface area contributed by atoms with Crippen LogP contribution in [0.2, 0.25) is 0 Å². The number of nitrogens with one attached hydrogen (secondary N) is 2. The Morgan fingerprint density at radius 2 is 2.19 bits per heavy atom. The molecule has 2 N–H and O–H groups in total. The Morgan fingerprint density at radius 3 is 3.13 bits per heavy atom. The fourth-order valence-corrected chi connectivity index (χ4v) is 5.59. The zero-order valence-corrected chi connectivity index (χ0v) is 18.7. The molecule has 3 aromatic rings. The number of aromatic nitrogens is 5. The number of likely N-dealkylation sites (tertiary alicyclic amines) is 1. The molecular weight excluding hydrogens is 410 g/mol. The van der Waals surface area contributed by atoms with E-state index in [1.807, 2.05) is 24.8 Å². The van der Waals surface area contributed by atoms with Crippen LogP contribution in [-0.2, 0) is 18.7 Å². The summed E-state index contributed by atoms with van der Waals surface area (Å²) in [5.41, 5.74) is 5.23. The van der Waals surface area contributed by atoms with Crippen LogP contribution in [0, 0.1) is 6.92 Å². The average molecular weight is 440 g/mol. The summed E-state index contributed by atoms with van der Waals surface area (Å²) in [5.74, 6) is 2.86. The Balaban J connectivity index is 1.25. The predicted octanol–water partition coefficient (Wildman–Crippen LogP) is 2.58. The third-order valence-electron chi connectivity index (χ3n) is 6.31. The first-order valence-electron chi connectivity index (χ1n) is 11.1. The summed E-state index contributed by atoms with van der Waals surface area (Å²) < 4.78 is 1.67. The van der Waals surface area contributed by atoms with E-state index in [2.05, 4.69) is 30.3 Å². The van der Waals surface area contributed by atoms with Gasteiger partial charge in [-0.1, -0.05) is 6.42 Å². The van der Waals surface area contributed by atoms with Crippen molar-refractivity contribution >= 4 is 28.6 Å². The molecule has 31 heavy (non-hydrogen) atoms. The van der Waals surface area contributed by atoms with Crippen LogP contribution in [-0.4, -0.2) is 61.1 Å². The SMILES string of the molecule is Cc1cc2ncnc(NCC3CCCCN3CCn3nc4c(cc3=O)CSCC4)c2[nH]1. The molecule has 5 rings (SSSR count). The van der Waals surface area contributed by atoms with Gasteiger partial charge in [0.15, 0.2) is 5.82 Å². The van der Waals surface area contributed by atoms with Crippen molar-refractivity contribution in [1.82, 2.24) is 29.6 Å². The number of hydrogen-bond acceptors (Lipinski definition) is 7. The molecule has 164 valence electrons. The second-order valence-electron chi connectivity index (χ2n) is 8.48. The van der Waals surface area contributed by atoms with Crippen LogP contribution in [0.3, 0.4) is 0 Å². The first-order valence-corrected chi connectivity index (χ1v) is 12.3. The van der Waals surface area contributed by atoms with E-state index < -0.39 is 0 Å². The standard InChI is InChI=1S/C22H29N7OS/c1-15-10-19-21(26-15)22(25-14-24-19)23-12-17-4-2-3-6-28(17)7-8-29-20(30)11-16-13-31-9-5-18(16)27-29/h10-11,14,17,26H,2-9,12-13H2,1H3,(H,23,24,25). The molecule has 2 aliphatic heterocycles. The van der Waals surface area contributed by atoms with Crippen molar-refractivity contribution in [2.45, 2.75) is 50.9 Å². The van der Waals surface area contributed by atoms with Gasteiger partial charge in [-0.15, -0.1) is 0 Å². The number of fused-ring (bicyclic) bond motifs is 2. The minimum absolute atomic E-state index is 0.0263. The number of piperidine rings is 1. The van der Waals surface area contributed by atoms with E-state index >= 15 is 0 Å². The topological polar surface area (TPSA) is 91.7 Å². The number of rotatable bonds is 6. The van der Waals surface area contributed by atoms with Gasteiger partial charge in [0, 0.05) is 43.1 Å². The summed E-state index contributed by atoms with van der Waals surface area (Å²) in [7, 11) is 0. The Bertz CT molecular complexity index is 1120. The van der Waals surface area contributed by atoms with Crippen molar-refractivity contribution in [3.05, 3.63) is 45.8 Å². The molecule has 1 atom stereocenters. The van der Waals surface area contributed by atoms with Crippen molar-refractivity contribution in [3.8, 4) is 0 Å². The lowest BCUT2D eigenvalue weighted by molar-refractivity contribution is 0.148. The normalized spacial score (nSPS) is 19.5. The highest BCUT2D eigenvalue weighted by Crippen LogP contribution is 2.23. The maximum Gasteiger partial charge on any atom is 0.267 e. The van der Waals surface area contributed by atoms with Crippen molar-refractivity contribution in [2.24, 2.45) is 0 Å². The number of aryl methyl sites for hydroxylation is 2. The average Bonchev–Trinajstić information content (AvgIpc) is 3.17. The Hall–Kier alpha value is -2.39. The van der Waals surface area contributed by atoms with Crippen LogP contribution in [0.5, 0.6) is 0 Å². The maximum atomic E-state index is 12.5. The Morgan fingerprint density at radius 1 is 1.26 bits per heavy atom. The number of hydrogen-bond donors (Lipinski definition) is 2. The highest BCUT2D eigenvalue weighted by Gasteiger charge is 2.23. The van der Waals surface area contributed by atoms with Gasteiger partial charge in [-0.05, 0) is 43.7 Å². The van der Waals surface area contributed by atoms with E-state index in [0.717, 1.165) is 77.8 Å². The van der Waals surface area contributed by atoms with Crippen molar-refractivity contribution in [1.29, 1.82) is 0 Å². The molecule has 0 saturated carbocycles. The van der Waals surface area contributed by atoms with Crippen molar-refractivity contribution in [2.75, 3.05) is 30.7 Å². The van der Waals surface area contributed by atoms with E-state index in [1.165, 1.54) is 12.8 Å². The molecule has 0 bridgehead atoms. The number of H-pyrrole nitrogens is 1. The van der Waals surface area contributed by atoms with Gasteiger partial charge in [0.25, 0.3) is 5.56 Å². The predicted molar refractivity (Wildman–Crippen MR) is 125 cm³/mol. The smallest absolute Gasteiger partial charge is 0.267 e. The molecule has 8 nitrogen and oxygen atoms in total. The summed E-state index contributed by atoms with van der Waals surface area (Å²) >= 11 is 1.88. The summed E-state index contributed by atoms with van der Waals surface area (Å²) in [6, 6.07) is 4.25. The van der Waals surface area contributed by atoms with Crippen LogP contribution in [0.1, 0.15) is 36.2 Å². The van der Waals surface area contributed by atoms with E-state index in [9.17, 15) is 4.79 Å². The highest BCUT2D eigenvalue weighted by atomic mass is 32.2. The molecule has 1 fully saturated rings. The van der Waals surface area contributed by atoms with Gasteiger partial charge < -0.3 is 10.3 Å².